The molecule has 1 aliphatic rings. The van der Waals surface area contributed by atoms with Crippen LogP contribution in [0.1, 0.15) is 22.3 Å². The number of halogens is 1. The molecule has 0 fully saturated rings. The first-order valence-corrected chi connectivity index (χ1v) is 5.32. The summed E-state index contributed by atoms with van der Waals surface area (Å²) in [6, 6.07) is 4.47. The minimum absolute atomic E-state index is 0.673. The smallest absolute Gasteiger partial charge is 0.0226 e. The van der Waals surface area contributed by atoms with Crippen LogP contribution in [-0.4, -0.2) is 4.83 Å². The molecule has 0 heterocycles. The molecule has 0 unspecified atom stereocenters. The molecule has 0 bridgehead atoms. The van der Waals surface area contributed by atoms with E-state index in [0.29, 0.717) is 4.83 Å². The largest absolute Gasteiger partial charge is 0.0883 e. The monoisotopic (exact) mass is 224 g/mol. The average Bonchev–Trinajstić information content (AvgIpc) is 2.41. The van der Waals surface area contributed by atoms with Gasteiger partial charge in [0.1, 0.15) is 0 Å². The fourth-order valence-electron chi connectivity index (χ4n) is 2.01. The van der Waals surface area contributed by atoms with Crippen LogP contribution in [0.2, 0.25) is 0 Å². The van der Waals surface area contributed by atoms with Gasteiger partial charge < -0.3 is 0 Å². The van der Waals surface area contributed by atoms with Gasteiger partial charge in [-0.05, 0) is 48.9 Å². The topological polar surface area (TPSA) is 0 Å². The molecule has 0 amide bonds. The van der Waals surface area contributed by atoms with Crippen LogP contribution in [0.4, 0.5) is 0 Å². The predicted octanol–water partition coefficient (Wildman–Crippen LogP) is 3.17. The van der Waals surface area contributed by atoms with Gasteiger partial charge in [0, 0.05) is 4.83 Å². The number of hydrogen-bond acceptors (Lipinski definition) is 0. The van der Waals surface area contributed by atoms with Gasteiger partial charge in [-0.2, -0.15) is 0 Å². The van der Waals surface area contributed by atoms with Crippen LogP contribution in [0.5, 0.6) is 0 Å². The lowest BCUT2D eigenvalue weighted by Crippen LogP contribution is -1.93. The highest BCUT2D eigenvalue weighted by atomic mass is 79.9. The van der Waals surface area contributed by atoms with Gasteiger partial charge in [0.2, 0.25) is 0 Å². The summed E-state index contributed by atoms with van der Waals surface area (Å²) in [4.78, 5) is 0.673. The molecule has 2 rings (SSSR count). The molecule has 0 spiro atoms. The summed E-state index contributed by atoms with van der Waals surface area (Å²) in [5.74, 6) is 0. The third-order valence-corrected chi connectivity index (χ3v) is 3.40. The molecule has 1 aromatic rings. The maximum atomic E-state index is 3.69. The second-order valence-corrected chi connectivity index (χ2v) is 4.96. The second-order valence-electron chi connectivity index (χ2n) is 3.66. The molecular weight excluding hydrogens is 212 g/mol. The molecule has 1 aromatic carbocycles. The first-order valence-electron chi connectivity index (χ1n) is 4.40. The number of alkyl halides is 1. The lowest BCUT2D eigenvalue weighted by Gasteiger charge is -2.05. The molecule has 0 N–H and O–H groups in total. The highest BCUT2D eigenvalue weighted by molar-refractivity contribution is 9.09. The molecule has 0 atom stereocenters. The van der Waals surface area contributed by atoms with Gasteiger partial charge in [-0.25, -0.2) is 0 Å². The molecule has 0 saturated carbocycles. The third-order valence-electron chi connectivity index (χ3n) is 2.75. The Morgan fingerprint density at radius 2 is 1.50 bits per heavy atom. The molecule has 0 saturated heterocycles. The average molecular weight is 225 g/mol. The number of rotatable bonds is 0. The summed E-state index contributed by atoms with van der Waals surface area (Å²) in [7, 11) is 0. The van der Waals surface area contributed by atoms with Gasteiger partial charge in [0.15, 0.2) is 0 Å². The van der Waals surface area contributed by atoms with Crippen molar-refractivity contribution in [2.75, 3.05) is 0 Å². The zero-order chi connectivity index (χ0) is 8.72. The third kappa shape index (κ3) is 1.20. The first kappa shape index (κ1) is 8.31. The first-order chi connectivity index (χ1) is 5.68. The highest BCUT2D eigenvalue weighted by Gasteiger charge is 2.21. The highest BCUT2D eigenvalue weighted by Crippen LogP contribution is 2.31. The fourth-order valence-corrected chi connectivity index (χ4v) is 2.66. The van der Waals surface area contributed by atoms with E-state index in [1.807, 2.05) is 0 Å². The van der Waals surface area contributed by atoms with Crippen molar-refractivity contribution in [3.05, 3.63) is 34.4 Å². The van der Waals surface area contributed by atoms with E-state index in [0.717, 1.165) is 0 Å². The standard InChI is InChI=1S/C11H13Br/c1-7-3-4-8(2)11-6-9(12)5-10(7)11/h3-4,9H,5-6H2,1-2H3. The van der Waals surface area contributed by atoms with E-state index in [2.05, 4.69) is 41.9 Å². The maximum Gasteiger partial charge on any atom is 0.0226 e. The molecule has 1 heteroatoms. The minimum Gasteiger partial charge on any atom is -0.0883 e. The molecular formula is C11H13Br. The van der Waals surface area contributed by atoms with Crippen molar-refractivity contribution < 1.29 is 0 Å². The number of fused-ring (bicyclic) bond motifs is 1. The van der Waals surface area contributed by atoms with Crippen LogP contribution in [-0.2, 0) is 12.8 Å². The summed E-state index contributed by atoms with van der Waals surface area (Å²) in [5, 5.41) is 0. The molecule has 0 radical (unpaired) electrons. The van der Waals surface area contributed by atoms with Crippen LogP contribution in [0.15, 0.2) is 12.1 Å². The van der Waals surface area contributed by atoms with Gasteiger partial charge in [-0.3, -0.25) is 0 Å². The Hall–Kier alpha value is -0.300. The Bertz CT molecular complexity index is 284. The van der Waals surface area contributed by atoms with E-state index < -0.39 is 0 Å². The Kier molecular flexibility index (Phi) is 1.99. The van der Waals surface area contributed by atoms with E-state index in [-0.39, 0.29) is 0 Å². The van der Waals surface area contributed by atoms with Gasteiger partial charge in [0.25, 0.3) is 0 Å². The zero-order valence-corrected chi connectivity index (χ0v) is 9.11. The van der Waals surface area contributed by atoms with E-state index in [1.165, 1.54) is 24.0 Å². The molecule has 0 nitrogen and oxygen atoms in total. The molecule has 12 heavy (non-hydrogen) atoms. The Morgan fingerprint density at radius 3 is 1.92 bits per heavy atom. The Balaban J connectivity index is 2.56. The van der Waals surface area contributed by atoms with Crippen molar-refractivity contribution in [3.8, 4) is 0 Å². The van der Waals surface area contributed by atoms with E-state index in [4.69, 9.17) is 0 Å². The van der Waals surface area contributed by atoms with Gasteiger partial charge in [-0.1, -0.05) is 28.1 Å². The van der Waals surface area contributed by atoms with Crippen molar-refractivity contribution in [3.63, 3.8) is 0 Å². The fraction of sp³-hybridized carbons (Fsp3) is 0.455. The lowest BCUT2D eigenvalue weighted by molar-refractivity contribution is 0.948. The summed E-state index contributed by atoms with van der Waals surface area (Å²) < 4.78 is 0. The second kappa shape index (κ2) is 2.88. The van der Waals surface area contributed by atoms with Gasteiger partial charge >= 0.3 is 0 Å². The normalized spacial score (nSPS) is 16.6. The molecule has 64 valence electrons. The molecule has 0 aromatic heterocycles. The van der Waals surface area contributed by atoms with Crippen molar-refractivity contribution in [2.45, 2.75) is 31.5 Å². The predicted molar refractivity (Wildman–Crippen MR) is 56.0 cm³/mol. The van der Waals surface area contributed by atoms with Crippen LogP contribution in [0.3, 0.4) is 0 Å². The van der Waals surface area contributed by atoms with Crippen molar-refractivity contribution in [2.24, 2.45) is 0 Å². The van der Waals surface area contributed by atoms with Crippen LogP contribution < -0.4 is 0 Å². The van der Waals surface area contributed by atoms with Crippen LogP contribution in [0.25, 0.3) is 0 Å². The van der Waals surface area contributed by atoms with E-state index >= 15 is 0 Å². The van der Waals surface area contributed by atoms with Crippen LogP contribution in [0, 0.1) is 13.8 Å². The Labute approximate surface area is 82.1 Å². The SMILES string of the molecule is Cc1ccc(C)c2c1CC(Br)C2. The number of aryl methyl sites for hydroxylation is 2. The maximum absolute atomic E-state index is 3.69. The van der Waals surface area contributed by atoms with Crippen molar-refractivity contribution >= 4 is 15.9 Å². The summed E-state index contributed by atoms with van der Waals surface area (Å²) >= 11 is 3.69. The quantitative estimate of drug-likeness (QED) is 0.595. The van der Waals surface area contributed by atoms with E-state index in [1.54, 1.807) is 11.1 Å². The minimum atomic E-state index is 0.673. The van der Waals surface area contributed by atoms with Crippen molar-refractivity contribution in [1.29, 1.82) is 0 Å². The van der Waals surface area contributed by atoms with Crippen molar-refractivity contribution in [1.82, 2.24) is 0 Å². The molecule has 0 aliphatic heterocycles. The van der Waals surface area contributed by atoms with E-state index in [9.17, 15) is 0 Å². The summed E-state index contributed by atoms with van der Waals surface area (Å²) in [6.45, 7) is 4.42. The van der Waals surface area contributed by atoms with Gasteiger partial charge in [-0.15, -0.1) is 0 Å². The Morgan fingerprint density at radius 1 is 1.08 bits per heavy atom. The molecule has 1 aliphatic carbocycles. The summed E-state index contributed by atoms with van der Waals surface area (Å²) in [5.41, 5.74) is 6.07. The number of benzene rings is 1. The lowest BCUT2D eigenvalue weighted by atomic mass is 10.0. The number of hydrogen-bond donors (Lipinski definition) is 0. The van der Waals surface area contributed by atoms with Gasteiger partial charge in [0.05, 0.1) is 0 Å². The zero-order valence-electron chi connectivity index (χ0n) is 7.52. The van der Waals surface area contributed by atoms with Crippen LogP contribution >= 0.6 is 15.9 Å². The summed E-state index contributed by atoms with van der Waals surface area (Å²) in [6.07, 6.45) is 2.42.